The van der Waals surface area contributed by atoms with Crippen molar-refractivity contribution in [3.63, 3.8) is 0 Å². The van der Waals surface area contributed by atoms with E-state index in [4.69, 9.17) is 16.3 Å². The van der Waals surface area contributed by atoms with Gasteiger partial charge in [0.15, 0.2) is 5.82 Å². The number of hydrogen-bond donors (Lipinski definition) is 0. The van der Waals surface area contributed by atoms with Crippen molar-refractivity contribution in [3.8, 4) is 11.8 Å². The zero-order valence-corrected chi connectivity index (χ0v) is 16.6. The lowest BCUT2D eigenvalue weighted by Gasteiger charge is -2.10. The number of allylic oxidation sites excluding steroid dienone is 1. The average molecular weight is 400 g/mol. The largest absolute Gasteiger partial charge is 0.488 e. The van der Waals surface area contributed by atoms with E-state index in [2.05, 4.69) is 11.1 Å². The van der Waals surface area contributed by atoms with Crippen LogP contribution >= 0.6 is 11.6 Å². The maximum absolute atomic E-state index is 9.79. The number of imidazole rings is 1. The van der Waals surface area contributed by atoms with Crippen molar-refractivity contribution in [2.75, 3.05) is 0 Å². The lowest BCUT2D eigenvalue weighted by Crippen LogP contribution is -1.98. The molecule has 1 heterocycles. The third kappa shape index (κ3) is 4.01. The van der Waals surface area contributed by atoms with Gasteiger partial charge in [-0.25, -0.2) is 4.98 Å². The summed E-state index contributed by atoms with van der Waals surface area (Å²) in [5, 5.41) is 10.5. The van der Waals surface area contributed by atoms with E-state index >= 15 is 0 Å². The molecule has 0 fully saturated rings. The van der Waals surface area contributed by atoms with E-state index in [0.29, 0.717) is 28.8 Å². The highest BCUT2D eigenvalue weighted by atomic mass is 35.5. The minimum Gasteiger partial charge on any atom is -0.488 e. The lowest BCUT2D eigenvalue weighted by molar-refractivity contribution is 0.305. The van der Waals surface area contributed by atoms with E-state index in [-0.39, 0.29) is 0 Å². The summed E-state index contributed by atoms with van der Waals surface area (Å²) in [5.41, 5.74) is 4.11. The van der Waals surface area contributed by atoms with E-state index in [9.17, 15) is 5.26 Å². The second-order valence-electron chi connectivity index (χ2n) is 6.61. The van der Waals surface area contributed by atoms with Gasteiger partial charge in [0, 0.05) is 17.6 Å². The van der Waals surface area contributed by atoms with Crippen LogP contribution in [0.5, 0.6) is 5.75 Å². The molecule has 0 unspecified atom stereocenters. The standard InChI is InChI=1S/C24H18ClN3O/c1-28-22-11-4-3-10-21(22)27-24(28)19(15-26)14-18-8-2-5-12-23(18)29-16-17-7-6-9-20(25)13-17/h2-14H,16H2,1H3/b19-14-. The lowest BCUT2D eigenvalue weighted by atomic mass is 10.1. The number of aryl methyl sites for hydroxylation is 1. The second kappa shape index (κ2) is 8.22. The van der Waals surface area contributed by atoms with Crippen molar-refractivity contribution >= 4 is 34.3 Å². The summed E-state index contributed by atoms with van der Waals surface area (Å²) < 4.78 is 7.94. The molecule has 0 bridgehead atoms. The molecule has 142 valence electrons. The Morgan fingerprint density at radius 3 is 2.69 bits per heavy atom. The van der Waals surface area contributed by atoms with Crippen molar-refractivity contribution in [1.82, 2.24) is 9.55 Å². The number of rotatable bonds is 5. The van der Waals surface area contributed by atoms with E-state index in [1.165, 1.54) is 0 Å². The Hall–Kier alpha value is -3.55. The van der Waals surface area contributed by atoms with Crippen molar-refractivity contribution in [2.45, 2.75) is 6.61 Å². The van der Waals surface area contributed by atoms with Gasteiger partial charge in [0.1, 0.15) is 18.4 Å². The third-order valence-corrected chi connectivity index (χ3v) is 4.89. The molecule has 4 rings (SSSR count). The minimum atomic E-state index is 0.388. The fraction of sp³-hybridized carbons (Fsp3) is 0.0833. The summed E-state index contributed by atoms with van der Waals surface area (Å²) in [7, 11) is 1.91. The van der Waals surface area contributed by atoms with Crippen LogP contribution in [0.15, 0.2) is 72.8 Å². The zero-order chi connectivity index (χ0) is 20.2. The number of benzene rings is 3. The number of halogens is 1. The summed E-state index contributed by atoms with van der Waals surface area (Å²) in [6.07, 6.45) is 1.81. The SMILES string of the molecule is Cn1c(/C(C#N)=C\c2ccccc2OCc2cccc(Cl)c2)nc2ccccc21. The molecule has 3 aromatic carbocycles. The van der Waals surface area contributed by atoms with Crippen molar-refractivity contribution in [1.29, 1.82) is 5.26 Å². The van der Waals surface area contributed by atoms with Gasteiger partial charge in [-0.2, -0.15) is 5.26 Å². The van der Waals surface area contributed by atoms with E-state index in [0.717, 1.165) is 22.2 Å². The van der Waals surface area contributed by atoms with Crippen LogP contribution in [0.2, 0.25) is 5.02 Å². The molecular weight excluding hydrogens is 382 g/mol. The van der Waals surface area contributed by atoms with Gasteiger partial charge in [-0.05, 0) is 42.0 Å². The summed E-state index contributed by atoms with van der Waals surface area (Å²) in [4.78, 5) is 4.63. The molecule has 0 aliphatic carbocycles. The molecule has 0 saturated carbocycles. The van der Waals surface area contributed by atoms with Gasteiger partial charge in [-0.3, -0.25) is 0 Å². The Labute approximate surface area is 174 Å². The molecule has 1 aromatic heterocycles. The molecular formula is C24H18ClN3O. The predicted octanol–water partition coefficient (Wildman–Crippen LogP) is 5.87. The molecule has 0 radical (unpaired) electrons. The summed E-state index contributed by atoms with van der Waals surface area (Å²) in [5.74, 6) is 1.32. The summed E-state index contributed by atoms with van der Waals surface area (Å²) in [6.45, 7) is 0.388. The maximum Gasteiger partial charge on any atom is 0.151 e. The first-order chi connectivity index (χ1) is 14.2. The number of aromatic nitrogens is 2. The number of ether oxygens (including phenoxy) is 1. The molecule has 5 heteroatoms. The molecule has 4 nitrogen and oxygen atoms in total. The Morgan fingerprint density at radius 1 is 1.10 bits per heavy atom. The highest BCUT2D eigenvalue weighted by molar-refractivity contribution is 6.30. The summed E-state index contributed by atoms with van der Waals surface area (Å²) >= 11 is 6.05. The van der Waals surface area contributed by atoms with Crippen LogP contribution in [0, 0.1) is 11.3 Å². The molecule has 0 saturated heterocycles. The number of nitriles is 1. The summed E-state index contributed by atoms with van der Waals surface area (Å²) in [6, 6.07) is 25.3. The van der Waals surface area contributed by atoms with E-state index in [1.54, 1.807) is 0 Å². The first-order valence-electron chi connectivity index (χ1n) is 9.15. The highest BCUT2D eigenvalue weighted by Gasteiger charge is 2.13. The Kier molecular flexibility index (Phi) is 5.33. The van der Waals surface area contributed by atoms with Gasteiger partial charge >= 0.3 is 0 Å². The molecule has 0 aliphatic heterocycles. The number of hydrogen-bond acceptors (Lipinski definition) is 3. The van der Waals surface area contributed by atoms with Crippen LogP contribution < -0.4 is 4.74 Å². The second-order valence-corrected chi connectivity index (χ2v) is 7.05. The highest BCUT2D eigenvalue weighted by Crippen LogP contribution is 2.27. The monoisotopic (exact) mass is 399 g/mol. The van der Waals surface area contributed by atoms with Crippen LogP contribution in [-0.4, -0.2) is 9.55 Å². The number of para-hydroxylation sites is 3. The minimum absolute atomic E-state index is 0.388. The maximum atomic E-state index is 9.79. The Morgan fingerprint density at radius 2 is 1.90 bits per heavy atom. The van der Waals surface area contributed by atoms with Gasteiger partial charge in [0.2, 0.25) is 0 Å². The normalized spacial score (nSPS) is 11.4. The molecule has 0 N–H and O–H groups in total. The van der Waals surface area contributed by atoms with Crippen LogP contribution in [0.1, 0.15) is 17.0 Å². The van der Waals surface area contributed by atoms with Gasteiger partial charge in [0.05, 0.1) is 16.6 Å². The fourth-order valence-corrected chi connectivity index (χ4v) is 3.42. The molecule has 0 spiro atoms. The van der Waals surface area contributed by atoms with Crippen LogP contribution in [0.25, 0.3) is 22.7 Å². The molecule has 0 aliphatic rings. The number of fused-ring (bicyclic) bond motifs is 1. The quantitative estimate of drug-likeness (QED) is 0.394. The van der Waals surface area contributed by atoms with Gasteiger partial charge < -0.3 is 9.30 Å². The molecule has 0 amide bonds. The average Bonchev–Trinajstić information content (AvgIpc) is 3.08. The first kappa shape index (κ1) is 18.8. The van der Waals surface area contributed by atoms with Gasteiger partial charge in [0.25, 0.3) is 0 Å². The number of nitrogens with zero attached hydrogens (tertiary/aromatic N) is 3. The first-order valence-corrected chi connectivity index (χ1v) is 9.53. The van der Waals surface area contributed by atoms with E-state index < -0.39 is 0 Å². The zero-order valence-electron chi connectivity index (χ0n) is 15.8. The van der Waals surface area contributed by atoms with Gasteiger partial charge in [-0.15, -0.1) is 0 Å². The topological polar surface area (TPSA) is 50.8 Å². The van der Waals surface area contributed by atoms with Crippen molar-refractivity contribution < 1.29 is 4.74 Å². The van der Waals surface area contributed by atoms with E-state index in [1.807, 2.05) is 90.5 Å². The van der Waals surface area contributed by atoms with Gasteiger partial charge in [-0.1, -0.05) is 54.1 Å². The third-order valence-electron chi connectivity index (χ3n) is 4.65. The Bertz CT molecular complexity index is 1250. The van der Waals surface area contributed by atoms with Crippen LogP contribution in [0.4, 0.5) is 0 Å². The predicted molar refractivity (Wildman–Crippen MR) is 116 cm³/mol. The molecule has 4 aromatic rings. The molecule has 0 atom stereocenters. The fourth-order valence-electron chi connectivity index (χ4n) is 3.21. The molecule has 29 heavy (non-hydrogen) atoms. The van der Waals surface area contributed by atoms with Crippen LogP contribution in [-0.2, 0) is 13.7 Å². The van der Waals surface area contributed by atoms with Crippen molar-refractivity contribution in [3.05, 3.63) is 94.8 Å². The van der Waals surface area contributed by atoms with Crippen LogP contribution in [0.3, 0.4) is 0 Å². The Balaban J connectivity index is 1.67. The smallest absolute Gasteiger partial charge is 0.151 e. The van der Waals surface area contributed by atoms with Crippen molar-refractivity contribution in [2.24, 2.45) is 7.05 Å².